The maximum atomic E-state index is 12.1. The molecule has 1 nitrogen and oxygen atoms in total. The first-order chi connectivity index (χ1) is 5.65. The number of hydrogen-bond donors (Lipinski definition) is 0. The fourth-order valence-electron chi connectivity index (χ4n) is 0.845. The van der Waals surface area contributed by atoms with Gasteiger partial charge in [-0.1, -0.05) is 6.07 Å². The predicted octanol–water partition coefficient (Wildman–Crippen LogP) is 2.80. The smallest absolute Gasteiger partial charge is 0.249 e. The molecule has 0 spiro atoms. The van der Waals surface area contributed by atoms with Crippen molar-refractivity contribution in [2.24, 2.45) is 0 Å². The van der Waals surface area contributed by atoms with Gasteiger partial charge in [0, 0.05) is 0 Å². The van der Waals surface area contributed by atoms with E-state index in [1.807, 2.05) is 0 Å². The van der Waals surface area contributed by atoms with Crippen LogP contribution < -0.4 is 0 Å². The molecule has 0 aliphatic carbocycles. The summed E-state index contributed by atoms with van der Waals surface area (Å²) in [4.78, 5) is 3.47. The lowest BCUT2D eigenvalue weighted by Gasteiger charge is -2.03. The highest BCUT2D eigenvalue weighted by Crippen LogP contribution is 2.18. The Kier molecular flexibility index (Phi) is 2.68. The van der Waals surface area contributed by atoms with Gasteiger partial charge in [-0.25, -0.2) is 18.2 Å². The molecular formula is C8H8F3N. The molecule has 0 unspecified atom stereocenters. The van der Waals surface area contributed by atoms with E-state index in [0.717, 1.165) is 0 Å². The normalized spacial score (nSPS) is 10.8. The van der Waals surface area contributed by atoms with E-state index in [1.165, 1.54) is 12.1 Å². The predicted molar refractivity (Wildman–Crippen MR) is 38.7 cm³/mol. The third kappa shape index (κ3) is 1.75. The second kappa shape index (κ2) is 3.56. The number of halogens is 3. The van der Waals surface area contributed by atoms with E-state index >= 15 is 0 Å². The number of aryl methyl sites for hydroxylation is 1. The SMILES string of the molecule is Cc1ccc(C(F)F)nc1CF. The molecule has 0 amide bonds. The topological polar surface area (TPSA) is 12.9 Å². The molecule has 0 fully saturated rings. The number of aromatic nitrogens is 1. The van der Waals surface area contributed by atoms with Gasteiger partial charge in [0.2, 0.25) is 0 Å². The van der Waals surface area contributed by atoms with Gasteiger partial charge in [-0.2, -0.15) is 0 Å². The maximum absolute atomic E-state index is 12.1. The van der Waals surface area contributed by atoms with Crippen LogP contribution in [0.1, 0.15) is 23.4 Å². The van der Waals surface area contributed by atoms with Gasteiger partial charge in [0.05, 0.1) is 5.69 Å². The summed E-state index contributed by atoms with van der Waals surface area (Å²) in [6, 6.07) is 2.66. The summed E-state index contributed by atoms with van der Waals surface area (Å²) in [6.07, 6.45) is -2.63. The van der Waals surface area contributed by atoms with Gasteiger partial charge < -0.3 is 0 Å². The van der Waals surface area contributed by atoms with Gasteiger partial charge in [-0.15, -0.1) is 0 Å². The summed E-state index contributed by atoms with van der Waals surface area (Å²) < 4.78 is 36.2. The molecule has 1 heterocycles. The summed E-state index contributed by atoms with van der Waals surface area (Å²) in [5, 5.41) is 0. The van der Waals surface area contributed by atoms with Crippen LogP contribution in [0.3, 0.4) is 0 Å². The lowest BCUT2D eigenvalue weighted by atomic mass is 10.2. The van der Waals surface area contributed by atoms with E-state index in [-0.39, 0.29) is 11.4 Å². The Balaban J connectivity index is 3.05. The summed E-state index contributed by atoms with van der Waals surface area (Å²) in [5.41, 5.74) is 0.322. The van der Waals surface area contributed by atoms with Crippen molar-refractivity contribution < 1.29 is 13.2 Å². The summed E-state index contributed by atoms with van der Waals surface area (Å²) >= 11 is 0. The zero-order valence-corrected chi connectivity index (χ0v) is 6.52. The molecule has 0 saturated heterocycles. The third-order valence-electron chi connectivity index (χ3n) is 1.57. The van der Waals surface area contributed by atoms with Crippen molar-refractivity contribution in [2.45, 2.75) is 20.0 Å². The molecule has 0 aliphatic rings. The monoisotopic (exact) mass is 175 g/mol. The summed E-state index contributed by atoms with van der Waals surface area (Å²) in [5.74, 6) is 0. The van der Waals surface area contributed by atoms with Crippen molar-refractivity contribution in [2.75, 3.05) is 0 Å². The zero-order chi connectivity index (χ0) is 9.14. The van der Waals surface area contributed by atoms with Crippen LogP contribution in [0, 0.1) is 6.92 Å². The molecular weight excluding hydrogens is 167 g/mol. The van der Waals surface area contributed by atoms with Crippen LogP contribution in [0.15, 0.2) is 12.1 Å². The van der Waals surface area contributed by atoms with Gasteiger partial charge >= 0.3 is 0 Å². The molecule has 0 bridgehead atoms. The van der Waals surface area contributed by atoms with E-state index in [4.69, 9.17) is 0 Å². The Labute approximate surface area is 68.2 Å². The Morgan fingerprint density at radius 2 is 2.08 bits per heavy atom. The van der Waals surface area contributed by atoms with Crippen LogP contribution in [0.5, 0.6) is 0 Å². The standard InChI is InChI=1S/C8H8F3N/c1-5-2-3-6(8(10)11)12-7(5)4-9/h2-3,8H,4H2,1H3. The minimum atomic E-state index is -2.63. The quantitative estimate of drug-likeness (QED) is 0.673. The van der Waals surface area contributed by atoms with E-state index in [1.54, 1.807) is 6.92 Å². The molecule has 1 rings (SSSR count). The molecule has 0 N–H and O–H groups in total. The molecule has 0 aliphatic heterocycles. The van der Waals surface area contributed by atoms with E-state index in [2.05, 4.69) is 4.98 Å². The van der Waals surface area contributed by atoms with Crippen molar-refractivity contribution in [1.29, 1.82) is 0 Å². The van der Waals surface area contributed by atoms with E-state index in [9.17, 15) is 13.2 Å². The average molecular weight is 175 g/mol. The van der Waals surface area contributed by atoms with Gasteiger partial charge in [0.1, 0.15) is 12.4 Å². The van der Waals surface area contributed by atoms with Crippen LogP contribution >= 0.6 is 0 Å². The van der Waals surface area contributed by atoms with Gasteiger partial charge in [-0.05, 0) is 18.6 Å². The molecule has 4 heteroatoms. The van der Waals surface area contributed by atoms with Crippen molar-refractivity contribution in [3.8, 4) is 0 Å². The molecule has 1 aromatic rings. The fraction of sp³-hybridized carbons (Fsp3) is 0.375. The van der Waals surface area contributed by atoms with Crippen LogP contribution in [-0.4, -0.2) is 4.98 Å². The largest absolute Gasteiger partial charge is 0.280 e. The van der Waals surface area contributed by atoms with Crippen LogP contribution in [-0.2, 0) is 6.67 Å². The highest BCUT2D eigenvalue weighted by molar-refractivity contribution is 5.21. The molecule has 0 atom stereocenters. The number of hydrogen-bond acceptors (Lipinski definition) is 1. The maximum Gasteiger partial charge on any atom is 0.280 e. The van der Waals surface area contributed by atoms with E-state index < -0.39 is 13.1 Å². The van der Waals surface area contributed by atoms with Crippen molar-refractivity contribution >= 4 is 0 Å². The number of alkyl halides is 3. The minimum Gasteiger partial charge on any atom is -0.249 e. The Morgan fingerprint density at radius 3 is 2.58 bits per heavy atom. The Hall–Kier alpha value is -1.06. The summed E-state index contributed by atoms with van der Waals surface area (Å²) in [7, 11) is 0. The lowest BCUT2D eigenvalue weighted by Crippen LogP contribution is -1.96. The van der Waals surface area contributed by atoms with Gasteiger partial charge in [-0.3, -0.25) is 0 Å². The Bertz CT molecular complexity index is 273. The Morgan fingerprint density at radius 1 is 1.42 bits per heavy atom. The molecule has 1 aromatic heterocycles. The first-order valence-corrected chi connectivity index (χ1v) is 3.45. The van der Waals surface area contributed by atoms with Crippen LogP contribution in [0.4, 0.5) is 13.2 Å². The number of rotatable bonds is 2. The molecule has 0 radical (unpaired) electrons. The second-order valence-corrected chi connectivity index (χ2v) is 2.43. The highest BCUT2D eigenvalue weighted by Gasteiger charge is 2.10. The number of nitrogens with zero attached hydrogens (tertiary/aromatic N) is 1. The highest BCUT2D eigenvalue weighted by atomic mass is 19.3. The van der Waals surface area contributed by atoms with Gasteiger partial charge in [0.15, 0.2) is 0 Å². The average Bonchev–Trinajstić information content (AvgIpc) is 2.05. The summed E-state index contributed by atoms with van der Waals surface area (Å²) in [6.45, 7) is 0.837. The van der Waals surface area contributed by atoms with Gasteiger partial charge in [0.25, 0.3) is 6.43 Å². The van der Waals surface area contributed by atoms with Crippen molar-refractivity contribution in [1.82, 2.24) is 4.98 Å². The van der Waals surface area contributed by atoms with E-state index in [0.29, 0.717) is 5.56 Å². The molecule has 0 aromatic carbocycles. The van der Waals surface area contributed by atoms with Crippen molar-refractivity contribution in [3.05, 3.63) is 29.1 Å². The molecule has 0 saturated carbocycles. The minimum absolute atomic E-state index is 0.0906. The first kappa shape index (κ1) is 9.03. The van der Waals surface area contributed by atoms with Crippen LogP contribution in [0.25, 0.3) is 0 Å². The lowest BCUT2D eigenvalue weighted by molar-refractivity contribution is 0.145. The van der Waals surface area contributed by atoms with Crippen molar-refractivity contribution in [3.63, 3.8) is 0 Å². The number of pyridine rings is 1. The zero-order valence-electron chi connectivity index (χ0n) is 6.52. The first-order valence-electron chi connectivity index (χ1n) is 3.45. The molecule has 66 valence electrons. The fourth-order valence-corrected chi connectivity index (χ4v) is 0.845. The second-order valence-electron chi connectivity index (χ2n) is 2.43. The molecule has 12 heavy (non-hydrogen) atoms. The van der Waals surface area contributed by atoms with Crippen LogP contribution in [0.2, 0.25) is 0 Å². The third-order valence-corrected chi connectivity index (χ3v) is 1.57.